The third-order valence-corrected chi connectivity index (χ3v) is 4.80. The molecule has 1 aromatic rings. The molecule has 0 saturated heterocycles. The SMILES string of the molecule is CNC(=O)[C@H](Cc1ccc(OC)cc1)NC(=O)[C@](O)(CC(C)C)[C@H](C)C(=O)NO. The Balaban J connectivity index is 3.11. The molecule has 3 atom stereocenters. The summed E-state index contributed by atoms with van der Waals surface area (Å²) in [5.41, 5.74) is 0.134. The molecule has 1 aromatic carbocycles. The summed E-state index contributed by atoms with van der Waals surface area (Å²) < 4.78 is 5.11. The minimum atomic E-state index is -2.10. The van der Waals surface area contributed by atoms with Crippen LogP contribution >= 0.6 is 0 Å². The Morgan fingerprint density at radius 2 is 1.69 bits per heavy atom. The monoisotopic (exact) mass is 409 g/mol. The van der Waals surface area contributed by atoms with Gasteiger partial charge in [-0.15, -0.1) is 0 Å². The second-order valence-electron chi connectivity index (χ2n) is 7.41. The molecule has 0 aliphatic carbocycles. The number of likely N-dealkylation sites (N-methyl/N-ethyl adjacent to an activating group) is 1. The highest BCUT2D eigenvalue weighted by Gasteiger charge is 2.46. The van der Waals surface area contributed by atoms with Crippen LogP contribution in [0.3, 0.4) is 0 Å². The molecule has 0 radical (unpaired) electrons. The molecule has 0 spiro atoms. The fourth-order valence-corrected chi connectivity index (χ4v) is 3.07. The summed E-state index contributed by atoms with van der Waals surface area (Å²) in [5.74, 6) is -2.90. The van der Waals surface area contributed by atoms with Gasteiger partial charge in [-0.1, -0.05) is 32.9 Å². The molecule has 0 aliphatic heterocycles. The summed E-state index contributed by atoms with van der Waals surface area (Å²) >= 11 is 0. The minimum absolute atomic E-state index is 0.0313. The first-order valence-electron chi connectivity index (χ1n) is 9.40. The molecular weight excluding hydrogens is 378 g/mol. The Morgan fingerprint density at radius 1 is 1.10 bits per heavy atom. The highest BCUT2D eigenvalue weighted by atomic mass is 16.5. The first-order chi connectivity index (χ1) is 13.6. The molecule has 5 N–H and O–H groups in total. The lowest BCUT2D eigenvalue weighted by molar-refractivity contribution is -0.159. The van der Waals surface area contributed by atoms with Crippen LogP contribution in [0, 0.1) is 11.8 Å². The molecule has 3 amide bonds. The Hall–Kier alpha value is -2.65. The van der Waals surface area contributed by atoms with Crippen molar-refractivity contribution in [2.45, 2.75) is 45.3 Å². The van der Waals surface area contributed by atoms with E-state index in [1.807, 2.05) is 0 Å². The summed E-state index contributed by atoms with van der Waals surface area (Å²) in [7, 11) is 2.99. The summed E-state index contributed by atoms with van der Waals surface area (Å²) in [6.45, 7) is 4.91. The van der Waals surface area contributed by atoms with E-state index in [1.165, 1.54) is 19.5 Å². The van der Waals surface area contributed by atoms with Crippen LogP contribution in [0.15, 0.2) is 24.3 Å². The molecule has 0 heterocycles. The Bertz CT molecular complexity index is 707. The fraction of sp³-hybridized carbons (Fsp3) is 0.550. The van der Waals surface area contributed by atoms with E-state index in [2.05, 4.69) is 10.6 Å². The highest BCUT2D eigenvalue weighted by molar-refractivity contribution is 5.95. The van der Waals surface area contributed by atoms with E-state index in [1.54, 1.807) is 45.2 Å². The van der Waals surface area contributed by atoms with Gasteiger partial charge >= 0.3 is 0 Å². The van der Waals surface area contributed by atoms with Crippen LogP contribution in [0.4, 0.5) is 0 Å². The lowest BCUT2D eigenvalue weighted by atomic mass is 9.80. The van der Waals surface area contributed by atoms with Crippen molar-refractivity contribution < 1.29 is 29.4 Å². The van der Waals surface area contributed by atoms with Crippen LogP contribution in [0.5, 0.6) is 5.75 Å². The molecule has 0 aliphatic rings. The van der Waals surface area contributed by atoms with Crippen molar-refractivity contribution in [3.8, 4) is 5.75 Å². The molecule has 0 aromatic heterocycles. The van der Waals surface area contributed by atoms with Gasteiger partial charge in [0.05, 0.1) is 13.0 Å². The van der Waals surface area contributed by atoms with E-state index in [-0.39, 0.29) is 18.8 Å². The number of benzene rings is 1. The first kappa shape index (κ1) is 24.4. The summed E-state index contributed by atoms with van der Waals surface area (Å²) in [5, 5.41) is 25.0. The van der Waals surface area contributed by atoms with E-state index in [0.29, 0.717) is 5.75 Å². The van der Waals surface area contributed by atoms with Crippen LogP contribution in [0.25, 0.3) is 0 Å². The first-order valence-corrected chi connectivity index (χ1v) is 9.40. The second kappa shape index (κ2) is 10.8. The van der Waals surface area contributed by atoms with Crippen LogP contribution in [-0.2, 0) is 20.8 Å². The summed E-state index contributed by atoms with van der Waals surface area (Å²) in [4.78, 5) is 37.2. The standard InChI is InChI=1S/C20H31N3O6/c1-12(2)11-20(27,13(3)17(24)23-28)19(26)22-16(18(25)21-4)10-14-6-8-15(29-5)9-7-14/h6-9,12-13,16,27-28H,10-11H2,1-5H3,(H,21,25)(H,22,26)(H,23,24)/t13-,16+,20+/m1/s1. The number of carbonyl (C=O) groups is 3. The maximum atomic E-state index is 13.0. The number of methoxy groups -OCH3 is 1. The van der Waals surface area contributed by atoms with Gasteiger partial charge in [0, 0.05) is 13.5 Å². The second-order valence-corrected chi connectivity index (χ2v) is 7.41. The van der Waals surface area contributed by atoms with Crippen molar-refractivity contribution in [3.63, 3.8) is 0 Å². The largest absolute Gasteiger partial charge is 0.497 e. The maximum Gasteiger partial charge on any atom is 0.253 e. The normalized spacial score (nSPS) is 15.0. The molecule has 29 heavy (non-hydrogen) atoms. The quantitative estimate of drug-likeness (QED) is 0.280. The Kier molecular flexibility index (Phi) is 9.06. The number of hydroxylamine groups is 1. The predicted octanol–water partition coefficient (Wildman–Crippen LogP) is 0.387. The number of amides is 3. The predicted molar refractivity (Wildman–Crippen MR) is 106 cm³/mol. The smallest absolute Gasteiger partial charge is 0.253 e. The van der Waals surface area contributed by atoms with Gasteiger partial charge < -0.3 is 20.5 Å². The third kappa shape index (κ3) is 6.43. The molecule has 1 rings (SSSR count). The van der Waals surface area contributed by atoms with Gasteiger partial charge in [-0.2, -0.15) is 0 Å². The zero-order valence-electron chi connectivity index (χ0n) is 17.5. The van der Waals surface area contributed by atoms with E-state index in [4.69, 9.17) is 9.94 Å². The minimum Gasteiger partial charge on any atom is -0.497 e. The third-order valence-electron chi connectivity index (χ3n) is 4.80. The van der Waals surface area contributed by atoms with Crippen molar-refractivity contribution in [3.05, 3.63) is 29.8 Å². The number of aliphatic hydroxyl groups is 1. The topological polar surface area (TPSA) is 137 Å². The number of ether oxygens (including phenoxy) is 1. The molecule has 0 fully saturated rings. The number of hydrogen-bond donors (Lipinski definition) is 5. The molecule has 9 nitrogen and oxygen atoms in total. The van der Waals surface area contributed by atoms with Crippen molar-refractivity contribution in [2.24, 2.45) is 11.8 Å². The molecule has 162 valence electrons. The molecule has 0 saturated carbocycles. The van der Waals surface area contributed by atoms with Gasteiger partial charge in [0.25, 0.3) is 5.91 Å². The van der Waals surface area contributed by atoms with E-state index < -0.39 is 35.3 Å². The number of carbonyl (C=O) groups excluding carboxylic acids is 3. The van der Waals surface area contributed by atoms with Crippen molar-refractivity contribution in [1.29, 1.82) is 0 Å². The van der Waals surface area contributed by atoms with Gasteiger partial charge in [-0.25, -0.2) is 5.48 Å². The van der Waals surface area contributed by atoms with Gasteiger partial charge in [-0.05, 0) is 30.0 Å². The average molecular weight is 409 g/mol. The number of nitrogens with one attached hydrogen (secondary N) is 3. The van der Waals surface area contributed by atoms with Gasteiger partial charge in [0.1, 0.15) is 11.8 Å². The van der Waals surface area contributed by atoms with Gasteiger partial charge in [0.2, 0.25) is 11.8 Å². The van der Waals surface area contributed by atoms with Crippen molar-refractivity contribution in [1.82, 2.24) is 16.1 Å². The summed E-state index contributed by atoms with van der Waals surface area (Å²) in [6, 6.07) is 6.04. The lowest BCUT2D eigenvalue weighted by Gasteiger charge is -2.34. The Labute approximate surface area is 170 Å². The van der Waals surface area contributed by atoms with Crippen molar-refractivity contribution >= 4 is 17.7 Å². The zero-order valence-corrected chi connectivity index (χ0v) is 17.5. The maximum absolute atomic E-state index is 13.0. The van der Waals surface area contributed by atoms with Crippen LogP contribution < -0.4 is 20.9 Å². The van der Waals surface area contributed by atoms with Crippen molar-refractivity contribution in [2.75, 3.05) is 14.2 Å². The number of rotatable bonds is 10. The van der Waals surface area contributed by atoms with Gasteiger partial charge in [0.15, 0.2) is 5.60 Å². The van der Waals surface area contributed by atoms with Crippen LogP contribution in [-0.4, -0.2) is 53.8 Å². The van der Waals surface area contributed by atoms with E-state index >= 15 is 0 Å². The molecule has 9 heteroatoms. The molecule has 0 bridgehead atoms. The van der Waals surface area contributed by atoms with Crippen LogP contribution in [0.2, 0.25) is 0 Å². The lowest BCUT2D eigenvalue weighted by Crippen LogP contribution is -2.60. The summed E-state index contributed by atoms with van der Waals surface area (Å²) in [6.07, 6.45) is 0.143. The Morgan fingerprint density at radius 3 is 2.14 bits per heavy atom. The highest BCUT2D eigenvalue weighted by Crippen LogP contribution is 2.27. The number of hydrogen-bond acceptors (Lipinski definition) is 6. The fourth-order valence-electron chi connectivity index (χ4n) is 3.07. The van der Waals surface area contributed by atoms with E-state index in [9.17, 15) is 19.5 Å². The van der Waals surface area contributed by atoms with E-state index in [0.717, 1.165) is 5.56 Å². The van der Waals surface area contributed by atoms with Crippen LogP contribution in [0.1, 0.15) is 32.8 Å². The molecule has 0 unspecified atom stereocenters. The molecular formula is C20H31N3O6. The average Bonchev–Trinajstić information content (AvgIpc) is 2.71. The zero-order chi connectivity index (χ0) is 22.2. The van der Waals surface area contributed by atoms with Gasteiger partial charge in [-0.3, -0.25) is 19.6 Å².